The van der Waals surface area contributed by atoms with E-state index in [9.17, 15) is 4.79 Å². The number of ether oxygens (including phenoxy) is 2. The van der Waals surface area contributed by atoms with Gasteiger partial charge >= 0.3 is 5.97 Å². The number of hydrogen-bond donors (Lipinski definition) is 1. The lowest BCUT2D eigenvalue weighted by molar-refractivity contribution is 0.0440. The Bertz CT molecular complexity index is 374. The van der Waals surface area contributed by atoms with Gasteiger partial charge in [0.1, 0.15) is 5.69 Å². The lowest BCUT2D eigenvalue weighted by Gasteiger charge is -2.08. The van der Waals surface area contributed by atoms with Crippen LogP contribution in [0.5, 0.6) is 0 Å². The summed E-state index contributed by atoms with van der Waals surface area (Å²) in [6.45, 7) is 6.42. The van der Waals surface area contributed by atoms with Gasteiger partial charge in [-0.1, -0.05) is 6.92 Å². The van der Waals surface area contributed by atoms with Crippen LogP contribution in [0.1, 0.15) is 37.2 Å². The van der Waals surface area contributed by atoms with Gasteiger partial charge < -0.3 is 19.8 Å². The van der Waals surface area contributed by atoms with Crippen LogP contribution in [-0.2, 0) is 16.0 Å². The Morgan fingerprint density at radius 1 is 1.39 bits per heavy atom. The first-order chi connectivity index (χ1) is 8.69. The number of aromatic nitrogens is 1. The van der Waals surface area contributed by atoms with Crippen molar-refractivity contribution in [1.29, 1.82) is 0 Å². The van der Waals surface area contributed by atoms with Crippen molar-refractivity contribution in [2.75, 3.05) is 25.6 Å². The summed E-state index contributed by atoms with van der Waals surface area (Å²) in [5.41, 5.74) is 6.80. The van der Waals surface area contributed by atoms with Crippen LogP contribution in [0.15, 0.2) is 12.3 Å². The molecule has 0 bridgehead atoms. The number of aryl methyl sites for hydroxylation is 1. The van der Waals surface area contributed by atoms with Gasteiger partial charge in [-0.25, -0.2) is 4.79 Å². The van der Waals surface area contributed by atoms with Crippen molar-refractivity contribution in [3.05, 3.63) is 18.0 Å². The second-order valence-corrected chi connectivity index (χ2v) is 4.04. The maximum absolute atomic E-state index is 11.8. The van der Waals surface area contributed by atoms with E-state index >= 15 is 0 Å². The lowest BCUT2D eigenvalue weighted by Crippen LogP contribution is -2.13. The van der Waals surface area contributed by atoms with E-state index in [1.807, 2.05) is 18.4 Å². The standard InChI is InChI=1S/C13H22N2O3/c1-3-6-15-10-11(14)9-12(15)13(16)18-8-5-7-17-4-2/h9-10H,3-8,14H2,1-2H3. The van der Waals surface area contributed by atoms with Crippen LogP contribution in [0, 0.1) is 0 Å². The summed E-state index contributed by atoms with van der Waals surface area (Å²) in [5.74, 6) is -0.323. The lowest BCUT2D eigenvalue weighted by atomic mass is 10.4. The first-order valence-electron chi connectivity index (χ1n) is 6.39. The molecule has 0 spiro atoms. The van der Waals surface area contributed by atoms with Gasteiger partial charge in [-0.05, 0) is 19.4 Å². The normalized spacial score (nSPS) is 10.6. The molecule has 2 N–H and O–H groups in total. The summed E-state index contributed by atoms with van der Waals surface area (Å²) >= 11 is 0. The highest BCUT2D eigenvalue weighted by Gasteiger charge is 2.13. The second kappa shape index (κ2) is 7.76. The Hall–Kier alpha value is -1.49. The molecule has 102 valence electrons. The van der Waals surface area contributed by atoms with Crippen molar-refractivity contribution in [3.63, 3.8) is 0 Å². The highest BCUT2D eigenvalue weighted by atomic mass is 16.5. The fourth-order valence-corrected chi connectivity index (χ4v) is 1.67. The molecule has 5 heteroatoms. The van der Waals surface area contributed by atoms with Crippen LogP contribution in [-0.4, -0.2) is 30.4 Å². The molecule has 1 rings (SSSR count). The molecule has 0 aliphatic carbocycles. The van der Waals surface area contributed by atoms with E-state index in [-0.39, 0.29) is 5.97 Å². The number of anilines is 1. The van der Waals surface area contributed by atoms with Gasteiger partial charge in [-0.15, -0.1) is 0 Å². The van der Waals surface area contributed by atoms with Gasteiger partial charge in [-0.3, -0.25) is 0 Å². The van der Waals surface area contributed by atoms with Crippen molar-refractivity contribution >= 4 is 11.7 Å². The molecule has 1 aromatic rings. The summed E-state index contributed by atoms with van der Waals surface area (Å²) < 4.78 is 12.2. The van der Waals surface area contributed by atoms with Crippen LogP contribution in [0.25, 0.3) is 0 Å². The van der Waals surface area contributed by atoms with E-state index in [1.54, 1.807) is 12.3 Å². The Morgan fingerprint density at radius 2 is 2.17 bits per heavy atom. The molecule has 5 nitrogen and oxygen atoms in total. The molecular weight excluding hydrogens is 232 g/mol. The fraction of sp³-hybridized carbons (Fsp3) is 0.615. The SMILES string of the molecule is CCCn1cc(N)cc1C(=O)OCCCOCC. The zero-order chi connectivity index (χ0) is 13.4. The van der Waals surface area contributed by atoms with E-state index in [0.717, 1.165) is 13.0 Å². The molecule has 18 heavy (non-hydrogen) atoms. The van der Waals surface area contributed by atoms with E-state index in [1.165, 1.54) is 0 Å². The summed E-state index contributed by atoms with van der Waals surface area (Å²) in [7, 11) is 0. The minimum Gasteiger partial charge on any atom is -0.461 e. The molecule has 0 saturated heterocycles. The van der Waals surface area contributed by atoms with Gasteiger partial charge in [-0.2, -0.15) is 0 Å². The van der Waals surface area contributed by atoms with Crippen molar-refractivity contribution < 1.29 is 14.3 Å². The van der Waals surface area contributed by atoms with Crippen molar-refractivity contribution in [1.82, 2.24) is 4.57 Å². The number of carbonyl (C=O) groups excluding carboxylic acids is 1. The minimum atomic E-state index is -0.323. The van der Waals surface area contributed by atoms with Crippen molar-refractivity contribution in [2.24, 2.45) is 0 Å². The second-order valence-electron chi connectivity index (χ2n) is 4.04. The highest BCUT2D eigenvalue weighted by molar-refractivity contribution is 5.89. The van der Waals surface area contributed by atoms with Crippen LogP contribution in [0.4, 0.5) is 5.69 Å². The van der Waals surface area contributed by atoms with Crippen LogP contribution in [0.3, 0.4) is 0 Å². The predicted octanol–water partition coefficient (Wildman–Crippen LogP) is 2.06. The molecule has 0 radical (unpaired) electrons. The summed E-state index contributed by atoms with van der Waals surface area (Å²) in [6, 6.07) is 1.65. The predicted molar refractivity (Wildman–Crippen MR) is 70.5 cm³/mol. The topological polar surface area (TPSA) is 66.5 Å². The van der Waals surface area contributed by atoms with Gasteiger partial charge in [0.15, 0.2) is 0 Å². The number of nitrogens with zero attached hydrogens (tertiary/aromatic N) is 1. The summed E-state index contributed by atoms with van der Waals surface area (Å²) in [4.78, 5) is 11.8. The Balaban J connectivity index is 2.45. The molecule has 0 saturated carbocycles. The van der Waals surface area contributed by atoms with Gasteiger partial charge in [0.05, 0.1) is 12.3 Å². The van der Waals surface area contributed by atoms with E-state index < -0.39 is 0 Å². The molecule has 1 aromatic heterocycles. The highest BCUT2D eigenvalue weighted by Crippen LogP contribution is 2.12. The smallest absolute Gasteiger partial charge is 0.355 e. The third-order valence-electron chi connectivity index (χ3n) is 2.46. The molecular formula is C13H22N2O3. The van der Waals surface area contributed by atoms with E-state index in [0.29, 0.717) is 37.6 Å². The molecule has 1 heterocycles. The number of nitrogen functional groups attached to an aromatic ring is 1. The quantitative estimate of drug-likeness (QED) is 0.569. The zero-order valence-electron chi connectivity index (χ0n) is 11.1. The summed E-state index contributed by atoms with van der Waals surface area (Å²) in [5, 5.41) is 0. The molecule has 0 aromatic carbocycles. The molecule has 0 fully saturated rings. The van der Waals surface area contributed by atoms with Gasteiger partial charge in [0.25, 0.3) is 0 Å². The zero-order valence-corrected chi connectivity index (χ0v) is 11.1. The minimum absolute atomic E-state index is 0.323. The third kappa shape index (κ3) is 4.41. The molecule has 0 amide bonds. The van der Waals surface area contributed by atoms with Gasteiger partial charge in [0, 0.05) is 32.4 Å². The number of rotatable bonds is 8. The average molecular weight is 254 g/mol. The first kappa shape index (κ1) is 14.6. The maximum Gasteiger partial charge on any atom is 0.355 e. The molecule has 0 aliphatic rings. The molecule has 0 aliphatic heterocycles. The first-order valence-corrected chi connectivity index (χ1v) is 6.39. The van der Waals surface area contributed by atoms with Crippen molar-refractivity contribution in [2.45, 2.75) is 33.2 Å². The van der Waals surface area contributed by atoms with Crippen molar-refractivity contribution in [3.8, 4) is 0 Å². The number of esters is 1. The Kier molecular flexibility index (Phi) is 6.28. The van der Waals surface area contributed by atoms with E-state index in [4.69, 9.17) is 15.2 Å². The van der Waals surface area contributed by atoms with Crippen LogP contribution >= 0.6 is 0 Å². The molecule has 0 atom stereocenters. The largest absolute Gasteiger partial charge is 0.461 e. The fourth-order valence-electron chi connectivity index (χ4n) is 1.67. The van der Waals surface area contributed by atoms with E-state index in [2.05, 4.69) is 0 Å². The third-order valence-corrected chi connectivity index (χ3v) is 2.46. The van der Waals surface area contributed by atoms with Crippen LogP contribution in [0.2, 0.25) is 0 Å². The number of hydrogen-bond acceptors (Lipinski definition) is 4. The average Bonchev–Trinajstić information content (AvgIpc) is 2.70. The Labute approximate surface area is 108 Å². The number of carbonyl (C=O) groups is 1. The van der Waals surface area contributed by atoms with Gasteiger partial charge in [0.2, 0.25) is 0 Å². The summed E-state index contributed by atoms with van der Waals surface area (Å²) in [6.07, 6.45) is 3.42. The monoisotopic (exact) mass is 254 g/mol. The van der Waals surface area contributed by atoms with Crippen LogP contribution < -0.4 is 5.73 Å². The number of nitrogens with two attached hydrogens (primary N) is 1. The molecule has 0 unspecified atom stereocenters. The Morgan fingerprint density at radius 3 is 2.83 bits per heavy atom. The maximum atomic E-state index is 11.8.